The number of hydrogen-bond acceptors (Lipinski definition) is 5. The molecule has 2 atom stereocenters. The van der Waals surface area contributed by atoms with E-state index in [2.05, 4.69) is 127 Å². The Bertz CT molecular complexity index is 3340. The number of nitrogens with zero attached hydrogens (tertiary/aromatic N) is 3. The topological polar surface area (TPSA) is 61.0 Å². The molecule has 0 amide bonds. The van der Waals surface area contributed by atoms with Gasteiger partial charge in [0.15, 0.2) is 17.5 Å². The summed E-state index contributed by atoms with van der Waals surface area (Å²) in [7, 11) is 0. The van der Waals surface area contributed by atoms with Gasteiger partial charge in [0, 0.05) is 38.6 Å². The highest BCUT2D eigenvalue weighted by atomic mass is 16.5. The number of benzene rings is 8. The molecule has 2 aromatic heterocycles. The maximum Gasteiger partial charge on any atom is 0.164 e. The minimum absolute atomic E-state index is 0.00292. The molecule has 10 aromatic rings. The molecule has 0 radical (unpaired) electrons. The molecule has 1 aliphatic heterocycles. The van der Waals surface area contributed by atoms with E-state index in [0.29, 0.717) is 17.5 Å². The average Bonchev–Trinajstić information content (AvgIpc) is 3.88. The van der Waals surface area contributed by atoms with Crippen LogP contribution in [-0.4, -0.2) is 21.1 Å². The van der Waals surface area contributed by atoms with Gasteiger partial charge in [0.2, 0.25) is 0 Å². The van der Waals surface area contributed by atoms with Gasteiger partial charge in [-0.1, -0.05) is 164 Å². The minimum Gasteiger partial charge on any atom is -0.484 e. The van der Waals surface area contributed by atoms with Crippen molar-refractivity contribution in [2.24, 2.45) is 0 Å². The average molecular weight is 744 g/mol. The fraction of sp³-hybridized carbons (Fsp3) is 0.0377. The van der Waals surface area contributed by atoms with Crippen molar-refractivity contribution >= 4 is 54.6 Å². The largest absolute Gasteiger partial charge is 0.484 e. The number of ether oxygens (including phenoxy) is 1. The van der Waals surface area contributed by atoms with E-state index < -0.39 is 0 Å². The van der Waals surface area contributed by atoms with Crippen LogP contribution in [-0.2, 0) is 0 Å². The van der Waals surface area contributed by atoms with E-state index in [4.69, 9.17) is 24.1 Å². The minimum atomic E-state index is -0.178. The van der Waals surface area contributed by atoms with Crippen LogP contribution in [0.1, 0.15) is 22.6 Å². The van der Waals surface area contributed by atoms with Crippen LogP contribution < -0.4 is 4.74 Å². The van der Waals surface area contributed by atoms with Gasteiger partial charge in [-0.25, -0.2) is 15.0 Å². The van der Waals surface area contributed by atoms with Gasteiger partial charge in [0.05, 0.1) is 5.92 Å². The summed E-state index contributed by atoms with van der Waals surface area (Å²) in [6.45, 7) is 0. The normalized spacial score (nSPS) is 15.9. The molecule has 0 N–H and O–H groups in total. The molecule has 12 rings (SSSR count). The number of allylic oxidation sites excluding steroid dienone is 2. The molecular weight excluding hydrogens is 711 g/mol. The van der Waals surface area contributed by atoms with Crippen molar-refractivity contribution in [2.75, 3.05) is 0 Å². The Morgan fingerprint density at radius 3 is 1.86 bits per heavy atom. The summed E-state index contributed by atoms with van der Waals surface area (Å²) in [5.41, 5.74) is 10.4. The quantitative estimate of drug-likeness (QED) is 0.176. The van der Waals surface area contributed by atoms with Crippen molar-refractivity contribution in [3.05, 3.63) is 205 Å². The third kappa shape index (κ3) is 5.07. The molecule has 0 spiro atoms. The SMILES string of the molecule is C1=C(c2cccc3ccccc23)C2Oc3ccccc3C2C(c2ccc(-c3nc(-c4ccccc4)nc(-c4cccc5oc6ccccc6c45)n3)c3ccccc23)=C1. The van der Waals surface area contributed by atoms with E-state index in [9.17, 15) is 0 Å². The summed E-state index contributed by atoms with van der Waals surface area (Å²) in [6, 6.07) is 61.0. The zero-order chi connectivity index (χ0) is 38.2. The fourth-order valence-corrected chi connectivity index (χ4v) is 9.18. The molecule has 0 saturated carbocycles. The van der Waals surface area contributed by atoms with Crippen molar-refractivity contribution in [1.82, 2.24) is 15.0 Å². The molecule has 2 aliphatic rings. The second-order valence-electron chi connectivity index (χ2n) is 15.0. The van der Waals surface area contributed by atoms with E-state index in [1.165, 1.54) is 33.0 Å². The number of fused-ring (bicyclic) bond motifs is 8. The molecular formula is C53H33N3O2. The maximum absolute atomic E-state index is 6.90. The van der Waals surface area contributed by atoms with Gasteiger partial charge < -0.3 is 9.15 Å². The second-order valence-corrected chi connectivity index (χ2v) is 15.0. The first-order chi connectivity index (χ1) is 28.8. The van der Waals surface area contributed by atoms with Crippen molar-refractivity contribution < 1.29 is 9.15 Å². The predicted molar refractivity (Wildman–Crippen MR) is 234 cm³/mol. The van der Waals surface area contributed by atoms with Crippen LogP contribution in [0.3, 0.4) is 0 Å². The summed E-state index contributed by atoms with van der Waals surface area (Å²) in [5, 5.41) is 6.66. The lowest BCUT2D eigenvalue weighted by molar-refractivity contribution is 0.281. The molecule has 3 heterocycles. The van der Waals surface area contributed by atoms with Gasteiger partial charge in [-0.2, -0.15) is 0 Å². The lowest BCUT2D eigenvalue weighted by atomic mass is 9.75. The molecule has 0 bridgehead atoms. The Hall–Kier alpha value is -7.63. The van der Waals surface area contributed by atoms with Gasteiger partial charge >= 0.3 is 0 Å². The highest BCUT2D eigenvalue weighted by Crippen LogP contribution is 2.53. The summed E-state index contributed by atoms with van der Waals surface area (Å²) in [6.07, 6.45) is 4.41. The maximum atomic E-state index is 6.90. The summed E-state index contributed by atoms with van der Waals surface area (Å²) in [5.74, 6) is 2.76. The molecule has 0 saturated heterocycles. The third-order valence-corrected chi connectivity index (χ3v) is 11.8. The molecule has 8 aromatic carbocycles. The molecule has 0 fully saturated rings. The monoisotopic (exact) mass is 743 g/mol. The van der Waals surface area contributed by atoms with Crippen LogP contribution >= 0.6 is 0 Å². The predicted octanol–water partition coefficient (Wildman–Crippen LogP) is 13.1. The summed E-state index contributed by atoms with van der Waals surface area (Å²) >= 11 is 0. The molecule has 272 valence electrons. The van der Waals surface area contributed by atoms with Crippen molar-refractivity contribution in [1.29, 1.82) is 0 Å². The van der Waals surface area contributed by atoms with Gasteiger partial charge in [0.1, 0.15) is 23.0 Å². The summed E-state index contributed by atoms with van der Waals surface area (Å²) in [4.78, 5) is 15.6. The highest BCUT2D eigenvalue weighted by molar-refractivity contribution is 6.12. The number of para-hydroxylation sites is 2. The first-order valence-corrected chi connectivity index (χ1v) is 19.7. The van der Waals surface area contributed by atoms with E-state index >= 15 is 0 Å². The third-order valence-electron chi connectivity index (χ3n) is 11.8. The number of rotatable bonds is 5. The lowest BCUT2D eigenvalue weighted by Gasteiger charge is -2.29. The molecule has 2 unspecified atom stereocenters. The van der Waals surface area contributed by atoms with E-state index in [0.717, 1.165) is 60.7 Å². The Morgan fingerprint density at radius 1 is 0.397 bits per heavy atom. The van der Waals surface area contributed by atoms with Crippen molar-refractivity contribution in [3.8, 4) is 39.9 Å². The molecule has 5 nitrogen and oxygen atoms in total. The lowest BCUT2D eigenvalue weighted by Crippen LogP contribution is -2.24. The van der Waals surface area contributed by atoms with Gasteiger partial charge in [0.25, 0.3) is 0 Å². The molecule has 58 heavy (non-hydrogen) atoms. The Balaban J connectivity index is 1.06. The Kier molecular flexibility index (Phi) is 7.29. The van der Waals surface area contributed by atoms with Crippen LogP contribution in [0.2, 0.25) is 0 Å². The van der Waals surface area contributed by atoms with Crippen LogP contribution in [0.25, 0.3) is 88.8 Å². The molecule has 1 aliphatic carbocycles. The van der Waals surface area contributed by atoms with E-state index in [1.807, 2.05) is 60.7 Å². The Morgan fingerprint density at radius 2 is 0.983 bits per heavy atom. The standard InChI is InChI=1S/C53H33N3O2/c1-2-15-33(16-3-1)51-54-52(56-53(55-51)44-24-13-27-47-48(44)42-21-8-10-25-45(42)57-47)41-31-28-38(36-19-6-7-20-37(36)41)39-29-30-40(35-23-12-17-32-14-4-5-18-34(32)35)50-49(39)43-22-9-11-26-46(43)58-50/h1-31,49-50H. The number of furan rings is 1. The van der Waals surface area contributed by atoms with Crippen LogP contribution in [0.15, 0.2) is 192 Å². The van der Waals surface area contributed by atoms with Crippen molar-refractivity contribution in [2.45, 2.75) is 12.0 Å². The highest BCUT2D eigenvalue weighted by Gasteiger charge is 2.42. The van der Waals surface area contributed by atoms with Crippen LogP contribution in [0, 0.1) is 0 Å². The first kappa shape index (κ1) is 32.6. The zero-order valence-electron chi connectivity index (χ0n) is 31.2. The summed E-state index contributed by atoms with van der Waals surface area (Å²) < 4.78 is 13.2. The van der Waals surface area contributed by atoms with E-state index in [-0.39, 0.29) is 12.0 Å². The smallest absolute Gasteiger partial charge is 0.164 e. The van der Waals surface area contributed by atoms with Gasteiger partial charge in [-0.15, -0.1) is 0 Å². The zero-order valence-corrected chi connectivity index (χ0v) is 31.2. The number of hydrogen-bond donors (Lipinski definition) is 0. The fourth-order valence-electron chi connectivity index (χ4n) is 9.18. The van der Waals surface area contributed by atoms with Crippen LogP contribution in [0.4, 0.5) is 0 Å². The first-order valence-electron chi connectivity index (χ1n) is 19.7. The van der Waals surface area contributed by atoms with Crippen LogP contribution in [0.5, 0.6) is 5.75 Å². The van der Waals surface area contributed by atoms with Gasteiger partial charge in [-0.3, -0.25) is 0 Å². The second kappa shape index (κ2) is 13.0. The van der Waals surface area contributed by atoms with Gasteiger partial charge in [-0.05, 0) is 62.5 Å². The Labute approximate surface area is 334 Å². The molecule has 5 heteroatoms. The number of aromatic nitrogens is 3. The van der Waals surface area contributed by atoms with Crippen molar-refractivity contribution in [3.63, 3.8) is 0 Å². The van der Waals surface area contributed by atoms with E-state index in [1.54, 1.807) is 0 Å².